The van der Waals surface area contributed by atoms with Gasteiger partial charge in [0, 0.05) is 24.2 Å². The molecule has 159 valence electrons. The molecule has 0 unspecified atom stereocenters. The van der Waals surface area contributed by atoms with Crippen LogP contribution in [0.25, 0.3) is 0 Å². The van der Waals surface area contributed by atoms with Crippen molar-refractivity contribution < 1.29 is 17.0 Å². The van der Waals surface area contributed by atoms with Crippen molar-refractivity contribution >= 4 is 55.5 Å². The predicted octanol–water partition coefficient (Wildman–Crippen LogP) is 8.25. The second-order valence-electron chi connectivity index (χ2n) is 10.6. The Morgan fingerprint density at radius 3 is 0.704 bits per heavy atom. The zero-order chi connectivity index (χ0) is 22.6. The maximum atomic E-state index is 6.20. The second kappa shape index (κ2) is 11.8. The van der Waals surface area contributed by atoms with Gasteiger partial charge in [-0.25, -0.2) is 0 Å². The van der Waals surface area contributed by atoms with Crippen molar-refractivity contribution in [1.82, 2.24) is 0 Å². The predicted molar refractivity (Wildman–Crippen MR) is 136 cm³/mol. The van der Waals surface area contributed by atoms with E-state index in [1.54, 1.807) is 0 Å². The SMILES string of the molecule is C[C]1[C](C)[C](C)[C](C)[C]1C.C[Si](C)(C)C([S-])([Si](C)(C)C)[Si](C)(C)C.[Cl][Ti][Cl]. The summed E-state index contributed by atoms with van der Waals surface area (Å²) >= 11 is 5.64. The molecule has 0 saturated heterocycles. The topological polar surface area (TPSA) is 0 Å². The first-order chi connectivity index (χ1) is 11.7. The van der Waals surface area contributed by atoms with Crippen LogP contribution in [-0.2, 0) is 29.7 Å². The van der Waals surface area contributed by atoms with Gasteiger partial charge in [0.15, 0.2) is 0 Å². The minimum atomic E-state index is -1.24. The Balaban J connectivity index is 0. The van der Waals surface area contributed by atoms with Crippen LogP contribution in [0.3, 0.4) is 0 Å². The molecule has 0 nitrogen and oxygen atoms in total. The van der Waals surface area contributed by atoms with Gasteiger partial charge in [0.1, 0.15) is 0 Å². The molecule has 27 heavy (non-hydrogen) atoms. The first-order valence-corrected chi connectivity index (χ1v) is 24.8. The van der Waals surface area contributed by atoms with Crippen molar-refractivity contribution in [3.05, 3.63) is 29.6 Å². The van der Waals surface area contributed by atoms with E-state index >= 15 is 0 Å². The van der Waals surface area contributed by atoms with E-state index < -0.39 is 41.3 Å². The van der Waals surface area contributed by atoms with Crippen molar-refractivity contribution in [2.75, 3.05) is 0 Å². The molecule has 1 aliphatic rings. The summed E-state index contributed by atoms with van der Waals surface area (Å²) in [5.41, 5.74) is 0. The number of hydrogen-bond acceptors (Lipinski definition) is 1. The standard InChI is InChI=1S/C10H28SSi3.C10H15.2ClH.Ti/c1-12(2,3)10(11,13(4,5)6)14(7,8)9;1-6-7(2)9(4)10(5)8(6)3;;;/h11H,1-9H3;1-5H3;2*1H;/q;;;;+2/p-3. The number of rotatable bonds is 3. The van der Waals surface area contributed by atoms with Crippen molar-refractivity contribution in [3.63, 3.8) is 0 Å². The van der Waals surface area contributed by atoms with Crippen LogP contribution in [0, 0.1) is 29.6 Å². The van der Waals surface area contributed by atoms with E-state index in [2.05, 4.69) is 93.5 Å². The van der Waals surface area contributed by atoms with E-state index in [0.717, 1.165) is 0 Å². The van der Waals surface area contributed by atoms with E-state index in [1.807, 2.05) is 0 Å². The molecule has 0 heterocycles. The Kier molecular flexibility index (Phi) is 13.7. The maximum absolute atomic E-state index is 6.20. The van der Waals surface area contributed by atoms with Crippen LogP contribution < -0.4 is 0 Å². The van der Waals surface area contributed by atoms with Crippen LogP contribution >= 0.6 is 18.6 Å². The Morgan fingerprint density at radius 2 is 0.667 bits per heavy atom. The first kappa shape index (κ1) is 31.5. The van der Waals surface area contributed by atoms with Gasteiger partial charge in [0.25, 0.3) is 0 Å². The molecule has 0 bridgehead atoms. The normalized spacial score (nSPS) is 19.3. The molecule has 0 aliphatic heterocycles. The van der Waals surface area contributed by atoms with Gasteiger partial charge in [-0.3, -0.25) is 0 Å². The molecule has 1 aliphatic carbocycles. The van der Waals surface area contributed by atoms with Crippen LogP contribution in [0.15, 0.2) is 0 Å². The molecule has 0 atom stereocenters. The van der Waals surface area contributed by atoms with Gasteiger partial charge in [0.2, 0.25) is 0 Å². The summed E-state index contributed by atoms with van der Waals surface area (Å²) < 4.78 is 0.312. The van der Waals surface area contributed by atoms with E-state index in [4.69, 9.17) is 31.2 Å². The zero-order valence-corrected chi connectivity index (χ0v) is 27.1. The van der Waals surface area contributed by atoms with Gasteiger partial charge in [0.05, 0.1) is 0 Å². The van der Waals surface area contributed by atoms with E-state index in [9.17, 15) is 0 Å². The molecule has 0 N–H and O–H groups in total. The van der Waals surface area contributed by atoms with Crippen LogP contribution in [0.5, 0.6) is 0 Å². The average molecular weight is 518 g/mol. The first-order valence-electron chi connectivity index (χ1n) is 9.58. The molecule has 0 spiro atoms. The number of halogens is 2. The Morgan fingerprint density at radius 1 is 0.556 bits per heavy atom. The molecule has 0 aromatic carbocycles. The molecular formula is C20H42Cl2SSi3Ti-. The molecule has 0 aromatic heterocycles. The third-order valence-electron chi connectivity index (χ3n) is 5.98. The van der Waals surface area contributed by atoms with E-state index in [0.29, 0.717) is 3.62 Å². The molecule has 1 saturated carbocycles. The summed E-state index contributed by atoms with van der Waals surface area (Å²) in [6.45, 7) is 33.2. The van der Waals surface area contributed by atoms with Crippen molar-refractivity contribution in [2.45, 2.75) is 97.2 Å². The molecule has 1 fully saturated rings. The van der Waals surface area contributed by atoms with Gasteiger partial charge >= 0.3 is 35.6 Å². The average Bonchev–Trinajstić information content (AvgIpc) is 2.62. The zero-order valence-electron chi connectivity index (χ0n) is 20.2. The molecule has 5 radical (unpaired) electrons. The fraction of sp³-hybridized carbons (Fsp3) is 0.750. The van der Waals surface area contributed by atoms with Gasteiger partial charge in [-0.1, -0.05) is 93.5 Å². The molecular weight excluding hydrogens is 475 g/mol. The quantitative estimate of drug-likeness (QED) is 0.268. The monoisotopic (exact) mass is 516 g/mol. The van der Waals surface area contributed by atoms with Gasteiger partial charge < -0.3 is 12.6 Å². The molecule has 0 aromatic rings. The summed E-state index contributed by atoms with van der Waals surface area (Å²) in [5, 5.41) is 0. The fourth-order valence-corrected chi connectivity index (χ4v) is 31.8. The third-order valence-corrected chi connectivity index (χ3v) is 31.3. The number of hydrogen-bond donors (Lipinski definition) is 0. The summed E-state index contributed by atoms with van der Waals surface area (Å²) in [7, 11) is 6.05. The summed E-state index contributed by atoms with van der Waals surface area (Å²) in [6.07, 6.45) is 0. The van der Waals surface area contributed by atoms with Crippen LogP contribution in [0.2, 0.25) is 58.9 Å². The summed E-state index contributed by atoms with van der Waals surface area (Å²) in [4.78, 5) is 0. The minimum absolute atomic E-state index is 0.312. The van der Waals surface area contributed by atoms with Gasteiger partial charge in [-0.2, -0.15) is 3.62 Å². The van der Waals surface area contributed by atoms with Crippen LogP contribution in [-0.4, -0.2) is 27.8 Å². The van der Waals surface area contributed by atoms with Crippen LogP contribution in [0.1, 0.15) is 34.6 Å². The van der Waals surface area contributed by atoms with Gasteiger partial charge in [-0.05, 0) is 29.6 Å². The van der Waals surface area contributed by atoms with Crippen LogP contribution in [0.4, 0.5) is 0 Å². The summed E-state index contributed by atoms with van der Waals surface area (Å²) in [6, 6.07) is 0. The molecule has 1 rings (SSSR count). The van der Waals surface area contributed by atoms with Gasteiger partial charge in [-0.15, -0.1) is 0 Å². The fourth-order valence-electron chi connectivity index (χ4n) is 4.78. The molecule has 7 heteroatoms. The molecule has 0 amide bonds. The van der Waals surface area contributed by atoms with Crippen molar-refractivity contribution in [3.8, 4) is 0 Å². The van der Waals surface area contributed by atoms with Crippen molar-refractivity contribution in [2.24, 2.45) is 0 Å². The second-order valence-corrected chi connectivity index (χ2v) is 32.2. The third kappa shape index (κ3) is 8.05. The Hall–Kier alpha value is 2.29. The van der Waals surface area contributed by atoms with E-state index in [-0.39, 0.29) is 0 Å². The van der Waals surface area contributed by atoms with Crippen molar-refractivity contribution in [1.29, 1.82) is 0 Å². The van der Waals surface area contributed by atoms with E-state index in [1.165, 1.54) is 29.6 Å². The Labute approximate surface area is 197 Å². The Bertz CT molecular complexity index is 350. The summed E-state index contributed by atoms with van der Waals surface area (Å²) in [5.74, 6) is 7.34.